The van der Waals surface area contributed by atoms with Crippen molar-refractivity contribution in [2.24, 2.45) is 23.5 Å². The van der Waals surface area contributed by atoms with Gasteiger partial charge in [0.2, 0.25) is 11.8 Å². The number of carbonyl (C=O) groups is 3. The minimum Gasteiger partial charge on any atom is -0.348 e. The molecule has 4 rings (SSSR count). The maximum atomic E-state index is 13.2. The second-order valence-corrected chi connectivity index (χ2v) is 10.8. The van der Waals surface area contributed by atoms with Gasteiger partial charge in [0, 0.05) is 28.5 Å². The van der Waals surface area contributed by atoms with Crippen LogP contribution in [0.4, 0.5) is 5.69 Å². The van der Waals surface area contributed by atoms with Crippen molar-refractivity contribution in [3.63, 3.8) is 0 Å². The summed E-state index contributed by atoms with van der Waals surface area (Å²) in [6.07, 6.45) is 7.60. The summed E-state index contributed by atoms with van der Waals surface area (Å²) < 4.78 is 0. The lowest BCUT2D eigenvalue weighted by Crippen LogP contribution is -2.36. The van der Waals surface area contributed by atoms with Gasteiger partial charge in [-0.3, -0.25) is 19.4 Å². The molecule has 0 radical (unpaired) electrons. The molecule has 2 bridgehead atoms. The molecule has 4 N–H and O–H groups in total. The number of ketones is 1. The van der Waals surface area contributed by atoms with E-state index in [0.29, 0.717) is 47.1 Å². The van der Waals surface area contributed by atoms with Crippen molar-refractivity contribution in [3.8, 4) is 11.3 Å². The van der Waals surface area contributed by atoms with E-state index in [1.54, 1.807) is 19.2 Å². The van der Waals surface area contributed by atoms with Gasteiger partial charge in [-0.15, -0.1) is 11.3 Å². The zero-order chi connectivity index (χ0) is 24.2. The molecule has 7 nitrogen and oxygen atoms in total. The van der Waals surface area contributed by atoms with Gasteiger partial charge in [-0.05, 0) is 76.1 Å². The smallest absolute Gasteiger partial charge is 0.227 e. The quantitative estimate of drug-likeness (QED) is 0.547. The molecule has 0 spiro atoms. The van der Waals surface area contributed by atoms with Crippen molar-refractivity contribution in [2.75, 3.05) is 11.9 Å². The molecule has 182 valence electrons. The van der Waals surface area contributed by atoms with E-state index in [1.807, 2.05) is 19.1 Å². The first kappa shape index (κ1) is 24.5. The van der Waals surface area contributed by atoms with Crippen LogP contribution in [-0.2, 0) is 9.59 Å². The zero-order valence-electron chi connectivity index (χ0n) is 19.9. The van der Waals surface area contributed by atoms with Crippen molar-refractivity contribution in [2.45, 2.75) is 64.8 Å². The van der Waals surface area contributed by atoms with Crippen molar-refractivity contribution >= 4 is 34.6 Å². The molecule has 1 aliphatic carbocycles. The minimum absolute atomic E-state index is 0.00277. The van der Waals surface area contributed by atoms with Gasteiger partial charge in [-0.25, -0.2) is 0 Å². The fourth-order valence-electron chi connectivity index (χ4n) is 4.99. The van der Waals surface area contributed by atoms with Gasteiger partial charge in [0.05, 0.1) is 22.3 Å². The lowest BCUT2D eigenvalue weighted by Gasteiger charge is -2.28. The van der Waals surface area contributed by atoms with Crippen LogP contribution < -0.4 is 16.4 Å². The molecule has 34 heavy (non-hydrogen) atoms. The van der Waals surface area contributed by atoms with Crippen LogP contribution in [0.3, 0.4) is 0 Å². The molecule has 1 saturated carbocycles. The van der Waals surface area contributed by atoms with Gasteiger partial charge in [0.1, 0.15) is 0 Å². The van der Waals surface area contributed by atoms with Gasteiger partial charge < -0.3 is 16.4 Å². The average Bonchev–Trinajstić information content (AvgIpc) is 3.28. The Hall–Kier alpha value is -2.58. The number of nitrogens with zero attached hydrogens (tertiary/aromatic N) is 1. The van der Waals surface area contributed by atoms with E-state index in [9.17, 15) is 14.4 Å². The van der Waals surface area contributed by atoms with Crippen molar-refractivity contribution in [1.29, 1.82) is 0 Å². The summed E-state index contributed by atoms with van der Waals surface area (Å²) in [7, 11) is 0. The Kier molecular flexibility index (Phi) is 7.78. The molecule has 2 atom stereocenters. The molecule has 0 aromatic carbocycles. The molecule has 2 aliphatic rings. The third-order valence-corrected chi connectivity index (χ3v) is 8.53. The number of hydrogen-bond donors (Lipinski definition) is 3. The highest BCUT2D eigenvalue weighted by atomic mass is 32.1. The molecule has 0 saturated heterocycles. The summed E-state index contributed by atoms with van der Waals surface area (Å²) in [5, 5.41) is 6.29. The predicted octanol–water partition coefficient (Wildman–Crippen LogP) is 4.69. The number of aromatic nitrogens is 1. The Balaban J connectivity index is 1.67. The molecular formula is C26H34N4O3S. The first-order chi connectivity index (χ1) is 16.4. The Morgan fingerprint density at radius 2 is 1.97 bits per heavy atom. The van der Waals surface area contributed by atoms with E-state index < -0.39 is 0 Å². The first-order valence-corrected chi connectivity index (χ1v) is 13.1. The summed E-state index contributed by atoms with van der Waals surface area (Å²) in [5.74, 6) is 0.313. The largest absolute Gasteiger partial charge is 0.348 e. The van der Waals surface area contributed by atoms with Crippen LogP contribution in [-0.4, -0.2) is 29.1 Å². The van der Waals surface area contributed by atoms with E-state index in [1.165, 1.54) is 11.3 Å². The number of fused-ring (bicyclic) bond motifs is 4. The number of hydrogen-bond acceptors (Lipinski definition) is 6. The molecule has 8 heteroatoms. The standard InChI is InChI=1S/C26H34N4O3S/c1-15-5-3-6-20(29-26(33)18-10-8-17(14-27)9-11-18)22-13-19(24(34-22)16(2)31)23-21(30-25(15)32)7-4-12-28-23/h4,7,12-13,15,17-18,20H,3,5-6,8-11,14,27H2,1-2H3,(H,29,33)(H,30,32)/t15-,17?,18?,20+/m1/s1. The molecule has 3 heterocycles. The van der Waals surface area contributed by atoms with Crippen LogP contribution >= 0.6 is 11.3 Å². The lowest BCUT2D eigenvalue weighted by molar-refractivity contribution is -0.127. The first-order valence-electron chi connectivity index (χ1n) is 12.3. The van der Waals surface area contributed by atoms with Crippen LogP contribution in [0.2, 0.25) is 0 Å². The highest BCUT2D eigenvalue weighted by molar-refractivity contribution is 7.14. The maximum absolute atomic E-state index is 13.2. The molecule has 2 aromatic rings. The molecule has 0 unspecified atom stereocenters. The van der Waals surface area contributed by atoms with E-state index >= 15 is 0 Å². The number of thiophene rings is 1. The third kappa shape index (κ3) is 5.39. The number of rotatable bonds is 4. The average molecular weight is 483 g/mol. The normalized spacial score (nSPS) is 25.3. The molecule has 2 amide bonds. The highest BCUT2D eigenvalue weighted by Crippen LogP contribution is 2.39. The summed E-state index contributed by atoms with van der Waals surface area (Å²) in [6.45, 7) is 4.15. The van der Waals surface area contributed by atoms with Gasteiger partial charge in [-0.1, -0.05) is 13.3 Å². The lowest BCUT2D eigenvalue weighted by atomic mass is 9.81. The predicted molar refractivity (Wildman–Crippen MR) is 135 cm³/mol. The van der Waals surface area contributed by atoms with E-state index in [2.05, 4.69) is 15.6 Å². The highest BCUT2D eigenvalue weighted by Gasteiger charge is 2.30. The number of nitrogens with two attached hydrogens (primary N) is 1. The fraction of sp³-hybridized carbons (Fsp3) is 0.538. The van der Waals surface area contributed by atoms with Crippen molar-refractivity contribution in [1.82, 2.24) is 10.3 Å². The summed E-state index contributed by atoms with van der Waals surface area (Å²) in [5.41, 5.74) is 7.71. The number of pyridine rings is 1. The topological polar surface area (TPSA) is 114 Å². The Bertz CT molecular complexity index is 1060. The van der Waals surface area contributed by atoms with E-state index in [4.69, 9.17) is 5.73 Å². The Morgan fingerprint density at radius 3 is 2.68 bits per heavy atom. The van der Waals surface area contributed by atoms with Crippen LogP contribution in [0.15, 0.2) is 24.4 Å². The Morgan fingerprint density at radius 1 is 1.21 bits per heavy atom. The monoisotopic (exact) mass is 482 g/mol. The molecule has 2 aromatic heterocycles. The van der Waals surface area contributed by atoms with Crippen LogP contribution in [0.1, 0.15) is 79.4 Å². The van der Waals surface area contributed by atoms with E-state index in [-0.39, 0.29) is 35.5 Å². The number of amides is 2. The summed E-state index contributed by atoms with van der Waals surface area (Å²) in [4.78, 5) is 44.6. The third-order valence-electron chi connectivity index (χ3n) is 7.18. The molecule has 1 aliphatic heterocycles. The van der Waals surface area contributed by atoms with Crippen molar-refractivity contribution in [3.05, 3.63) is 34.2 Å². The number of anilines is 1. The summed E-state index contributed by atoms with van der Waals surface area (Å²) in [6, 6.07) is 5.37. The fourth-order valence-corrected chi connectivity index (χ4v) is 6.13. The number of nitrogens with one attached hydrogen (secondary N) is 2. The summed E-state index contributed by atoms with van der Waals surface area (Å²) >= 11 is 1.42. The van der Waals surface area contributed by atoms with Gasteiger partial charge >= 0.3 is 0 Å². The van der Waals surface area contributed by atoms with Crippen molar-refractivity contribution < 1.29 is 14.4 Å². The minimum atomic E-state index is -0.196. The number of carbonyl (C=O) groups excluding carboxylic acids is 3. The molecular weight excluding hydrogens is 448 g/mol. The second kappa shape index (κ2) is 10.8. The van der Waals surface area contributed by atoms with Gasteiger partial charge in [-0.2, -0.15) is 0 Å². The number of Topliss-reactive ketones (excluding diaryl/α,β-unsaturated/α-hetero) is 1. The van der Waals surface area contributed by atoms with Gasteiger partial charge in [0.25, 0.3) is 0 Å². The van der Waals surface area contributed by atoms with E-state index in [0.717, 1.165) is 37.0 Å². The van der Waals surface area contributed by atoms with Crippen LogP contribution in [0.5, 0.6) is 0 Å². The molecule has 1 fully saturated rings. The second-order valence-electron chi connectivity index (χ2n) is 9.68. The zero-order valence-corrected chi connectivity index (χ0v) is 20.7. The van der Waals surface area contributed by atoms with Crippen LogP contribution in [0, 0.1) is 17.8 Å². The maximum Gasteiger partial charge on any atom is 0.227 e. The Labute approximate surface area is 204 Å². The SMILES string of the molecule is CC(=O)c1sc2cc1-c1ncccc1NC(=O)[C@H](C)CCC[C@@H]2NC(=O)C1CCC(CN)CC1. The van der Waals surface area contributed by atoms with Gasteiger partial charge in [0.15, 0.2) is 5.78 Å². The van der Waals surface area contributed by atoms with Crippen LogP contribution in [0.25, 0.3) is 11.3 Å².